The third-order valence-electron chi connectivity index (χ3n) is 5.68. The molecule has 1 aliphatic heterocycles. The van der Waals surface area contributed by atoms with E-state index in [4.69, 9.17) is 10.5 Å². The number of nitriles is 1. The molecule has 3 N–H and O–H groups in total. The fraction of sp³-hybridized carbons (Fsp3) is 0.318. The molecule has 0 radical (unpaired) electrons. The van der Waals surface area contributed by atoms with Gasteiger partial charge in [0.05, 0.1) is 5.92 Å². The summed E-state index contributed by atoms with van der Waals surface area (Å²) in [6, 6.07) is 10.1. The van der Waals surface area contributed by atoms with Gasteiger partial charge in [-0.25, -0.2) is 0 Å². The van der Waals surface area contributed by atoms with Crippen molar-refractivity contribution in [2.45, 2.75) is 33.2 Å². The fourth-order valence-corrected chi connectivity index (χ4v) is 4.17. The van der Waals surface area contributed by atoms with Gasteiger partial charge in [0.15, 0.2) is 0 Å². The number of aromatic amines is 1. The highest BCUT2D eigenvalue weighted by molar-refractivity contribution is 5.88. The van der Waals surface area contributed by atoms with E-state index in [1.165, 1.54) is 0 Å². The number of ether oxygens (including phenoxy) is 1. The van der Waals surface area contributed by atoms with Crippen LogP contribution in [0.1, 0.15) is 36.6 Å². The number of nitrogens with one attached hydrogen (secondary N) is 1. The zero-order valence-corrected chi connectivity index (χ0v) is 17.3. The molecule has 8 nitrogen and oxygen atoms in total. The van der Waals surface area contributed by atoms with Gasteiger partial charge in [0, 0.05) is 41.4 Å². The molecule has 30 heavy (non-hydrogen) atoms. The zero-order chi connectivity index (χ0) is 21.4. The van der Waals surface area contributed by atoms with E-state index < -0.39 is 5.92 Å². The number of carbonyl (C=O) groups excluding carboxylic acids is 1. The highest BCUT2D eigenvalue weighted by Crippen LogP contribution is 2.45. The van der Waals surface area contributed by atoms with E-state index >= 15 is 0 Å². The third-order valence-corrected chi connectivity index (χ3v) is 5.68. The molecule has 1 amide bonds. The number of benzene rings is 1. The fourth-order valence-electron chi connectivity index (χ4n) is 4.17. The maximum absolute atomic E-state index is 12.8. The van der Waals surface area contributed by atoms with Crippen LogP contribution in [0.5, 0.6) is 5.88 Å². The Morgan fingerprint density at radius 3 is 2.80 bits per heavy atom. The summed E-state index contributed by atoms with van der Waals surface area (Å²) in [5.74, 6) is 0.0600. The van der Waals surface area contributed by atoms with Crippen molar-refractivity contribution >= 4 is 16.8 Å². The van der Waals surface area contributed by atoms with Gasteiger partial charge in [0.25, 0.3) is 0 Å². The highest BCUT2D eigenvalue weighted by Gasteiger charge is 2.36. The van der Waals surface area contributed by atoms with Crippen LogP contribution in [0.3, 0.4) is 0 Å². The number of nitrogens with zero attached hydrogens (tertiary/aromatic N) is 4. The molecule has 0 saturated carbocycles. The standard InChI is InChI=1S/C22H24N6O2/c1-4-27(5-2)18(29)12-28-11-16(14-8-6-7-9-17(14)28)20-15(10-23)21(24)30-22-19(20)13(3)25-26-22/h6-9,11,20H,4-5,12,24H2,1-3H3,(H,25,26). The number of allylic oxidation sites excluding steroid dienone is 1. The largest absolute Gasteiger partial charge is 0.420 e. The number of hydrogen-bond acceptors (Lipinski definition) is 5. The molecular weight excluding hydrogens is 380 g/mol. The predicted octanol–water partition coefficient (Wildman–Crippen LogP) is 2.76. The van der Waals surface area contributed by atoms with Gasteiger partial charge in [-0.15, -0.1) is 5.10 Å². The molecule has 0 spiro atoms. The second kappa shape index (κ2) is 7.59. The van der Waals surface area contributed by atoms with Gasteiger partial charge in [-0.1, -0.05) is 18.2 Å². The SMILES string of the molecule is CCN(CC)C(=O)Cn1cc(C2C(C#N)=C(N)Oc3n[nH]c(C)c32)c2ccccc21. The average Bonchev–Trinajstić information content (AvgIpc) is 3.29. The van der Waals surface area contributed by atoms with E-state index in [1.807, 2.05) is 55.8 Å². The lowest BCUT2D eigenvalue weighted by Gasteiger charge is -2.23. The molecule has 1 unspecified atom stereocenters. The number of H-pyrrole nitrogens is 1. The molecule has 8 heteroatoms. The van der Waals surface area contributed by atoms with Crippen molar-refractivity contribution in [2.75, 3.05) is 13.1 Å². The number of carbonyl (C=O) groups is 1. The first-order chi connectivity index (χ1) is 14.5. The quantitative estimate of drug-likeness (QED) is 0.679. The maximum atomic E-state index is 12.8. The first kappa shape index (κ1) is 19.6. The van der Waals surface area contributed by atoms with E-state index in [1.54, 1.807) is 4.90 Å². The summed E-state index contributed by atoms with van der Waals surface area (Å²) in [6.07, 6.45) is 1.95. The smallest absolute Gasteiger partial charge is 0.244 e. The van der Waals surface area contributed by atoms with Gasteiger partial charge in [0.1, 0.15) is 18.2 Å². The molecule has 3 aromatic rings. The highest BCUT2D eigenvalue weighted by atomic mass is 16.5. The molecule has 2 aromatic heterocycles. The number of rotatable bonds is 5. The Morgan fingerprint density at radius 1 is 1.37 bits per heavy atom. The van der Waals surface area contributed by atoms with Crippen LogP contribution in [0.25, 0.3) is 10.9 Å². The number of aromatic nitrogens is 3. The van der Waals surface area contributed by atoms with Gasteiger partial charge in [0.2, 0.25) is 17.7 Å². The van der Waals surface area contributed by atoms with Crippen molar-refractivity contribution in [1.29, 1.82) is 5.26 Å². The molecule has 3 heterocycles. The minimum absolute atomic E-state index is 0.0509. The number of aryl methyl sites for hydroxylation is 1. The summed E-state index contributed by atoms with van der Waals surface area (Å²) < 4.78 is 7.52. The van der Waals surface area contributed by atoms with E-state index in [2.05, 4.69) is 16.3 Å². The number of amides is 1. The van der Waals surface area contributed by atoms with Gasteiger partial charge < -0.3 is 19.9 Å². The molecule has 0 aliphatic carbocycles. The van der Waals surface area contributed by atoms with Crippen LogP contribution in [0.4, 0.5) is 0 Å². The predicted molar refractivity (Wildman–Crippen MR) is 112 cm³/mol. The summed E-state index contributed by atoms with van der Waals surface area (Å²) in [5.41, 5.74) is 9.83. The van der Waals surface area contributed by atoms with Gasteiger partial charge in [-0.3, -0.25) is 9.89 Å². The average molecular weight is 404 g/mol. The van der Waals surface area contributed by atoms with E-state index in [0.29, 0.717) is 24.5 Å². The Morgan fingerprint density at radius 2 is 2.10 bits per heavy atom. The number of fused-ring (bicyclic) bond motifs is 2. The first-order valence-corrected chi connectivity index (χ1v) is 9.98. The van der Waals surface area contributed by atoms with E-state index in [-0.39, 0.29) is 18.3 Å². The Balaban J connectivity index is 1.89. The maximum Gasteiger partial charge on any atom is 0.244 e. The Kier molecular flexibility index (Phi) is 4.96. The minimum Gasteiger partial charge on any atom is -0.420 e. The lowest BCUT2D eigenvalue weighted by Crippen LogP contribution is -2.33. The van der Waals surface area contributed by atoms with Crippen molar-refractivity contribution in [3.05, 3.63) is 58.7 Å². The summed E-state index contributed by atoms with van der Waals surface area (Å²) >= 11 is 0. The number of hydrogen-bond donors (Lipinski definition) is 2. The zero-order valence-electron chi connectivity index (χ0n) is 17.3. The number of para-hydroxylation sites is 1. The summed E-state index contributed by atoms with van der Waals surface area (Å²) in [6.45, 7) is 7.39. The third kappa shape index (κ3) is 2.99. The topological polar surface area (TPSA) is 113 Å². The van der Waals surface area contributed by atoms with Crippen LogP contribution in [0.2, 0.25) is 0 Å². The van der Waals surface area contributed by atoms with Gasteiger partial charge in [-0.05, 0) is 32.4 Å². The van der Waals surface area contributed by atoms with Crippen molar-refractivity contribution in [1.82, 2.24) is 19.7 Å². The monoisotopic (exact) mass is 404 g/mol. The van der Waals surface area contributed by atoms with Crippen molar-refractivity contribution in [2.24, 2.45) is 5.73 Å². The van der Waals surface area contributed by atoms with Gasteiger partial charge >= 0.3 is 0 Å². The molecule has 4 rings (SSSR count). The lowest BCUT2D eigenvalue weighted by atomic mass is 9.84. The first-order valence-electron chi connectivity index (χ1n) is 9.98. The Bertz CT molecular complexity index is 1190. The van der Waals surface area contributed by atoms with E-state index in [9.17, 15) is 10.1 Å². The number of likely N-dealkylation sites (N-methyl/N-ethyl adjacent to an activating group) is 1. The second-order valence-electron chi connectivity index (χ2n) is 7.29. The van der Waals surface area contributed by atoms with Crippen LogP contribution >= 0.6 is 0 Å². The lowest BCUT2D eigenvalue weighted by molar-refractivity contribution is -0.131. The van der Waals surface area contributed by atoms with E-state index in [0.717, 1.165) is 27.7 Å². The summed E-state index contributed by atoms with van der Waals surface area (Å²) in [4.78, 5) is 14.6. The summed E-state index contributed by atoms with van der Waals surface area (Å²) in [5, 5.41) is 17.9. The normalized spacial score (nSPS) is 15.6. The molecule has 0 bridgehead atoms. The molecule has 1 aromatic carbocycles. The number of nitrogens with two attached hydrogens (primary N) is 1. The summed E-state index contributed by atoms with van der Waals surface area (Å²) in [7, 11) is 0. The Hall–Kier alpha value is -3.73. The van der Waals surface area contributed by atoms with Crippen molar-refractivity contribution in [3.8, 4) is 11.9 Å². The van der Waals surface area contributed by atoms with Crippen molar-refractivity contribution in [3.63, 3.8) is 0 Å². The molecular formula is C22H24N6O2. The van der Waals surface area contributed by atoms with Crippen LogP contribution in [0.15, 0.2) is 41.9 Å². The van der Waals surface area contributed by atoms with Crippen LogP contribution in [-0.4, -0.2) is 38.7 Å². The van der Waals surface area contributed by atoms with Crippen LogP contribution < -0.4 is 10.5 Å². The molecule has 0 saturated heterocycles. The van der Waals surface area contributed by atoms with Gasteiger partial charge in [-0.2, -0.15) is 5.26 Å². The van der Waals surface area contributed by atoms with Crippen LogP contribution in [-0.2, 0) is 11.3 Å². The molecule has 1 atom stereocenters. The van der Waals surface area contributed by atoms with Crippen LogP contribution in [0, 0.1) is 18.3 Å². The molecule has 0 fully saturated rings. The molecule has 154 valence electrons. The second-order valence-corrected chi connectivity index (χ2v) is 7.29. The minimum atomic E-state index is -0.424. The molecule has 1 aliphatic rings. The Labute approximate surface area is 174 Å². The van der Waals surface area contributed by atoms with Crippen molar-refractivity contribution < 1.29 is 9.53 Å².